The Balaban J connectivity index is 1.48. The number of nitriles is 2. The molecule has 2 heterocycles. The number of fused-ring (bicyclic) bond motifs is 3. The minimum Gasteiger partial charge on any atom is -0.308 e. The summed E-state index contributed by atoms with van der Waals surface area (Å²) in [6, 6.07) is 38.3. The topological polar surface area (TPSA) is 91.2 Å². The molecule has 0 saturated heterocycles. The van der Waals surface area contributed by atoms with Crippen molar-refractivity contribution >= 4 is 21.8 Å². The molecule has 0 aliphatic rings. The van der Waals surface area contributed by atoms with E-state index in [0.717, 1.165) is 6.07 Å². The van der Waals surface area contributed by atoms with Gasteiger partial charge in [-0.1, -0.05) is 72.8 Å². The summed E-state index contributed by atoms with van der Waals surface area (Å²) < 4.78 is 86.4. The number of rotatable bonds is 5. The van der Waals surface area contributed by atoms with E-state index >= 15 is 0 Å². The minimum absolute atomic E-state index is 0.0299. The average Bonchev–Trinajstić information content (AvgIpc) is 3.52. The number of benzene rings is 6. The van der Waals surface area contributed by atoms with Crippen LogP contribution in [0.5, 0.6) is 0 Å². The highest BCUT2D eigenvalue weighted by Gasteiger charge is 2.38. The summed E-state index contributed by atoms with van der Waals surface area (Å²) in [6.45, 7) is 0. The Labute approximate surface area is 308 Å². The zero-order valence-corrected chi connectivity index (χ0v) is 28.2. The molecule has 266 valence electrons. The SMILES string of the molecule is N#Cc1ccc2c(c1)c1cc(C#N)ccc1n2-c1cc(-c2ccc(C(F)(F)F)cc2C(F)(F)F)ccc1-c1nc(-c2ccccc2)nc(-c2ccccc2)n1. The molecule has 6 aromatic carbocycles. The van der Waals surface area contributed by atoms with E-state index in [4.69, 9.17) is 15.0 Å². The number of hydrogen-bond acceptors (Lipinski definition) is 5. The Kier molecular flexibility index (Phi) is 8.39. The summed E-state index contributed by atoms with van der Waals surface area (Å²) in [7, 11) is 0. The number of halogens is 6. The molecule has 8 aromatic rings. The maximum atomic E-state index is 14.5. The van der Waals surface area contributed by atoms with Crippen LogP contribution in [0, 0.1) is 22.7 Å². The molecule has 0 radical (unpaired) electrons. The van der Waals surface area contributed by atoms with E-state index in [9.17, 15) is 36.9 Å². The summed E-state index contributed by atoms with van der Waals surface area (Å²) in [4.78, 5) is 14.5. The molecular weight excluding hydrogens is 715 g/mol. The van der Waals surface area contributed by atoms with E-state index in [0.29, 0.717) is 67.3 Å². The van der Waals surface area contributed by atoms with E-state index in [-0.39, 0.29) is 23.1 Å². The summed E-state index contributed by atoms with van der Waals surface area (Å²) in [5.41, 5.74) is 0.318. The van der Waals surface area contributed by atoms with Gasteiger partial charge in [0.25, 0.3) is 0 Å². The monoisotopic (exact) mass is 736 g/mol. The van der Waals surface area contributed by atoms with Crippen LogP contribution in [-0.2, 0) is 12.4 Å². The van der Waals surface area contributed by atoms with Crippen molar-refractivity contribution < 1.29 is 26.3 Å². The Bertz CT molecular complexity index is 2740. The molecular formula is C43H22F6N6. The Morgan fingerprint density at radius 3 is 1.47 bits per heavy atom. The lowest BCUT2D eigenvalue weighted by molar-refractivity contribution is -0.142. The maximum Gasteiger partial charge on any atom is 0.417 e. The van der Waals surface area contributed by atoms with Crippen molar-refractivity contribution in [2.75, 3.05) is 0 Å². The zero-order valence-electron chi connectivity index (χ0n) is 28.2. The molecule has 2 aromatic heterocycles. The maximum absolute atomic E-state index is 14.5. The van der Waals surface area contributed by atoms with Crippen LogP contribution in [0.4, 0.5) is 26.3 Å². The van der Waals surface area contributed by atoms with E-state index in [1.54, 1.807) is 41.0 Å². The van der Waals surface area contributed by atoms with Crippen molar-refractivity contribution in [3.63, 3.8) is 0 Å². The van der Waals surface area contributed by atoms with Gasteiger partial charge in [0.05, 0.1) is 51.1 Å². The highest BCUT2D eigenvalue weighted by atomic mass is 19.4. The van der Waals surface area contributed by atoms with Gasteiger partial charge in [-0.05, 0) is 71.8 Å². The summed E-state index contributed by atoms with van der Waals surface area (Å²) >= 11 is 0. The van der Waals surface area contributed by atoms with Gasteiger partial charge < -0.3 is 4.57 Å². The summed E-state index contributed by atoms with van der Waals surface area (Å²) in [5.74, 6) is 0.803. The predicted molar refractivity (Wildman–Crippen MR) is 195 cm³/mol. The van der Waals surface area contributed by atoms with E-state index < -0.39 is 29.0 Å². The van der Waals surface area contributed by atoms with E-state index in [1.165, 1.54) is 18.2 Å². The van der Waals surface area contributed by atoms with Gasteiger partial charge in [0, 0.05) is 27.5 Å². The van der Waals surface area contributed by atoms with Crippen LogP contribution in [0.2, 0.25) is 0 Å². The van der Waals surface area contributed by atoms with Crippen LogP contribution < -0.4 is 0 Å². The first-order valence-corrected chi connectivity index (χ1v) is 16.6. The van der Waals surface area contributed by atoms with Crippen molar-refractivity contribution in [3.05, 3.63) is 156 Å². The summed E-state index contributed by atoms with van der Waals surface area (Å²) in [5, 5.41) is 20.7. The molecule has 6 nitrogen and oxygen atoms in total. The smallest absolute Gasteiger partial charge is 0.308 e. The Morgan fingerprint density at radius 2 is 0.982 bits per heavy atom. The van der Waals surface area contributed by atoms with Gasteiger partial charge in [-0.15, -0.1) is 0 Å². The molecule has 0 saturated carbocycles. The van der Waals surface area contributed by atoms with Crippen molar-refractivity contribution in [3.8, 4) is 63.1 Å². The van der Waals surface area contributed by atoms with E-state index in [1.807, 2.05) is 60.7 Å². The highest BCUT2D eigenvalue weighted by molar-refractivity contribution is 6.10. The Morgan fingerprint density at radius 1 is 0.473 bits per heavy atom. The van der Waals surface area contributed by atoms with Gasteiger partial charge in [-0.25, -0.2) is 15.0 Å². The van der Waals surface area contributed by atoms with Gasteiger partial charge in [0.15, 0.2) is 17.5 Å². The lowest BCUT2D eigenvalue weighted by atomic mass is 9.95. The predicted octanol–water partition coefficient (Wildman–Crippen LogP) is 11.4. The van der Waals surface area contributed by atoms with Crippen LogP contribution in [0.3, 0.4) is 0 Å². The third kappa shape index (κ3) is 6.40. The molecule has 0 bridgehead atoms. The van der Waals surface area contributed by atoms with Crippen molar-refractivity contribution in [1.29, 1.82) is 10.5 Å². The van der Waals surface area contributed by atoms with Crippen molar-refractivity contribution in [1.82, 2.24) is 19.5 Å². The molecule has 0 fully saturated rings. The van der Waals surface area contributed by atoms with Crippen molar-refractivity contribution in [2.24, 2.45) is 0 Å². The van der Waals surface area contributed by atoms with Crippen LogP contribution in [0.25, 0.3) is 72.8 Å². The van der Waals surface area contributed by atoms with Crippen LogP contribution >= 0.6 is 0 Å². The number of aromatic nitrogens is 4. The average molecular weight is 737 g/mol. The molecule has 0 N–H and O–H groups in total. The number of hydrogen-bond donors (Lipinski definition) is 0. The van der Waals surface area contributed by atoms with Gasteiger partial charge in [-0.2, -0.15) is 36.9 Å². The molecule has 0 spiro atoms. The molecule has 8 rings (SSSR count). The fourth-order valence-electron chi connectivity index (χ4n) is 6.63. The molecule has 12 heteroatoms. The van der Waals surface area contributed by atoms with Crippen LogP contribution in [0.15, 0.2) is 133 Å². The molecule has 0 atom stereocenters. The van der Waals surface area contributed by atoms with Gasteiger partial charge in [0.1, 0.15) is 0 Å². The van der Waals surface area contributed by atoms with Crippen LogP contribution in [0.1, 0.15) is 22.3 Å². The van der Waals surface area contributed by atoms with E-state index in [2.05, 4.69) is 12.1 Å². The molecule has 0 amide bonds. The second kappa shape index (κ2) is 13.3. The van der Waals surface area contributed by atoms with Crippen molar-refractivity contribution in [2.45, 2.75) is 12.4 Å². The van der Waals surface area contributed by atoms with Gasteiger partial charge >= 0.3 is 12.4 Å². The number of nitrogens with zero attached hydrogens (tertiary/aromatic N) is 6. The van der Waals surface area contributed by atoms with Gasteiger partial charge in [0.2, 0.25) is 0 Å². The normalized spacial score (nSPS) is 11.8. The highest BCUT2D eigenvalue weighted by Crippen LogP contribution is 2.44. The fourth-order valence-corrected chi connectivity index (χ4v) is 6.63. The zero-order chi connectivity index (χ0) is 38.5. The molecule has 0 unspecified atom stereocenters. The first-order valence-electron chi connectivity index (χ1n) is 16.6. The lowest BCUT2D eigenvalue weighted by Gasteiger charge is -2.19. The second-order valence-corrected chi connectivity index (χ2v) is 12.5. The minimum atomic E-state index is -5.13. The first kappa shape index (κ1) is 34.8. The third-order valence-electron chi connectivity index (χ3n) is 9.17. The second-order valence-electron chi connectivity index (χ2n) is 12.5. The number of alkyl halides is 6. The molecule has 0 aliphatic heterocycles. The van der Waals surface area contributed by atoms with Gasteiger partial charge in [-0.3, -0.25) is 0 Å². The summed E-state index contributed by atoms with van der Waals surface area (Å²) in [6.07, 6.45) is -10.1. The molecule has 55 heavy (non-hydrogen) atoms. The first-order chi connectivity index (χ1) is 26.4. The molecule has 0 aliphatic carbocycles. The van der Waals surface area contributed by atoms with Crippen LogP contribution in [-0.4, -0.2) is 19.5 Å². The fraction of sp³-hybridized carbons (Fsp3) is 0.0465. The largest absolute Gasteiger partial charge is 0.417 e. The lowest BCUT2D eigenvalue weighted by Crippen LogP contribution is -2.12. The standard InChI is InChI=1S/C43H22F6N6/c44-42(45,46)30-14-16-31(35(22-30)43(47,48)49)29-13-15-32(41-53-39(27-7-3-1-4-8-27)52-40(54-41)28-9-5-2-6-10-28)38(21-29)55-36-17-11-25(23-50)19-33(36)34-20-26(24-51)12-18-37(34)55/h1-22H. The quantitative estimate of drug-likeness (QED) is 0.164. The Hall–Kier alpha value is -7.31. The third-order valence-corrected chi connectivity index (χ3v) is 9.17.